The van der Waals surface area contributed by atoms with E-state index in [1.807, 2.05) is 48.2 Å². The topological polar surface area (TPSA) is 78.7 Å². The third kappa shape index (κ3) is 4.07. The van der Waals surface area contributed by atoms with Crippen LogP contribution in [0.15, 0.2) is 48.9 Å². The number of alkyl halides is 3. The number of carboxylic acids is 1. The number of carbonyl (C=O) groups excluding carboxylic acids is 1. The lowest BCUT2D eigenvalue weighted by Gasteiger charge is -2.19. The summed E-state index contributed by atoms with van der Waals surface area (Å²) in [6.07, 6.45) is 0.462. The van der Waals surface area contributed by atoms with Crippen LogP contribution in [0.25, 0.3) is 10.9 Å². The van der Waals surface area contributed by atoms with Gasteiger partial charge < -0.3 is 9.67 Å². The number of carboxylic acid groups (broad SMARTS) is 1. The number of urea groups is 1. The molecule has 0 bridgehead atoms. The monoisotopic (exact) mass is 420 g/mol. The summed E-state index contributed by atoms with van der Waals surface area (Å²) in [5.41, 5.74) is 4.05. The minimum atomic E-state index is -5.08. The predicted octanol–water partition coefficient (Wildman–Crippen LogP) is 3.96. The van der Waals surface area contributed by atoms with Crippen LogP contribution in [-0.2, 0) is 11.8 Å². The summed E-state index contributed by atoms with van der Waals surface area (Å²) in [6, 6.07) is 10.1. The number of anilines is 2. The Bertz CT molecular complexity index is 1090. The SMILES string of the molecule is Cc1ccncc1N1CCN(c2cn(C)c3ccccc23)C1=O.O=C(O)C(F)(F)F. The number of hydrogen-bond donors (Lipinski definition) is 1. The van der Waals surface area contributed by atoms with Gasteiger partial charge in [0.15, 0.2) is 0 Å². The van der Waals surface area contributed by atoms with Gasteiger partial charge in [-0.25, -0.2) is 9.59 Å². The molecule has 0 unspecified atom stereocenters. The van der Waals surface area contributed by atoms with Crippen LogP contribution in [0.2, 0.25) is 0 Å². The first kappa shape index (κ1) is 21.2. The van der Waals surface area contributed by atoms with Gasteiger partial charge in [-0.2, -0.15) is 13.2 Å². The first-order valence-electron chi connectivity index (χ1n) is 8.95. The highest BCUT2D eigenvalue weighted by Gasteiger charge is 2.38. The number of fused-ring (bicyclic) bond motifs is 1. The van der Waals surface area contributed by atoms with Crippen LogP contribution in [0.1, 0.15) is 5.56 Å². The van der Waals surface area contributed by atoms with E-state index in [9.17, 15) is 18.0 Å². The van der Waals surface area contributed by atoms with E-state index < -0.39 is 12.1 Å². The maximum absolute atomic E-state index is 12.9. The van der Waals surface area contributed by atoms with Crippen LogP contribution in [0.4, 0.5) is 29.3 Å². The summed E-state index contributed by atoms with van der Waals surface area (Å²) in [6.45, 7) is 3.36. The third-order valence-corrected chi connectivity index (χ3v) is 4.72. The minimum absolute atomic E-state index is 0.0115. The van der Waals surface area contributed by atoms with Gasteiger partial charge in [0.25, 0.3) is 0 Å². The van der Waals surface area contributed by atoms with Crippen molar-refractivity contribution in [3.8, 4) is 0 Å². The Morgan fingerprint density at radius 1 is 1.10 bits per heavy atom. The summed E-state index contributed by atoms with van der Waals surface area (Å²) in [7, 11) is 2.01. The molecule has 1 aromatic carbocycles. The Labute approximate surface area is 169 Å². The second kappa shape index (κ2) is 8.05. The Morgan fingerprint density at radius 2 is 1.70 bits per heavy atom. The quantitative estimate of drug-likeness (QED) is 0.681. The van der Waals surface area contributed by atoms with Crippen molar-refractivity contribution in [1.82, 2.24) is 9.55 Å². The molecule has 10 heteroatoms. The molecule has 0 atom stereocenters. The van der Waals surface area contributed by atoms with Gasteiger partial charge in [-0.3, -0.25) is 14.8 Å². The van der Waals surface area contributed by atoms with E-state index in [4.69, 9.17) is 9.90 Å². The number of nitrogens with zero attached hydrogens (tertiary/aromatic N) is 4. The van der Waals surface area contributed by atoms with Crippen LogP contribution < -0.4 is 9.80 Å². The van der Waals surface area contributed by atoms with Crippen LogP contribution in [0, 0.1) is 6.92 Å². The molecule has 30 heavy (non-hydrogen) atoms. The Morgan fingerprint density at radius 3 is 2.30 bits per heavy atom. The number of carbonyl (C=O) groups is 2. The van der Waals surface area contributed by atoms with Crippen molar-refractivity contribution in [1.29, 1.82) is 0 Å². The van der Waals surface area contributed by atoms with E-state index >= 15 is 0 Å². The molecule has 0 aliphatic carbocycles. The van der Waals surface area contributed by atoms with E-state index in [1.165, 1.54) is 0 Å². The molecule has 7 nitrogen and oxygen atoms in total. The molecule has 158 valence electrons. The molecule has 3 heterocycles. The van der Waals surface area contributed by atoms with E-state index in [-0.39, 0.29) is 6.03 Å². The van der Waals surface area contributed by atoms with Gasteiger partial charge in [0.05, 0.1) is 17.6 Å². The van der Waals surface area contributed by atoms with Gasteiger partial charge in [-0.1, -0.05) is 18.2 Å². The van der Waals surface area contributed by atoms with Crippen LogP contribution >= 0.6 is 0 Å². The van der Waals surface area contributed by atoms with Crippen LogP contribution in [0.5, 0.6) is 0 Å². The van der Waals surface area contributed by atoms with Crippen molar-refractivity contribution < 1.29 is 27.9 Å². The number of amides is 2. The lowest BCUT2D eigenvalue weighted by atomic mass is 10.2. The summed E-state index contributed by atoms with van der Waals surface area (Å²) in [4.78, 5) is 29.6. The Balaban J connectivity index is 0.000000318. The Kier molecular flexibility index (Phi) is 5.68. The molecule has 1 aliphatic rings. The molecule has 4 rings (SSSR count). The fraction of sp³-hybridized carbons (Fsp3) is 0.250. The number of hydrogen-bond acceptors (Lipinski definition) is 3. The molecule has 0 saturated carbocycles. The lowest BCUT2D eigenvalue weighted by Crippen LogP contribution is -2.32. The number of halogens is 3. The maximum Gasteiger partial charge on any atom is 0.490 e. The number of para-hydroxylation sites is 1. The van der Waals surface area contributed by atoms with E-state index in [0.29, 0.717) is 13.1 Å². The van der Waals surface area contributed by atoms with Crippen molar-refractivity contribution in [3.05, 3.63) is 54.5 Å². The van der Waals surface area contributed by atoms with Gasteiger partial charge in [-0.15, -0.1) is 0 Å². The molecule has 1 aliphatic heterocycles. The van der Waals surface area contributed by atoms with E-state index in [1.54, 1.807) is 12.4 Å². The first-order valence-corrected chi connectivity index (χ1v) is 8.95. The van der Waals surface area contributed by atoms with Crippen molar-refractivity contribution in [2.24, 2.45) is 7.05 Å². The number of pyridine rings is 1. The standard InChI is InChI=1S/C18H18N4O.C2HF3O2/c1-13-7-8-19-11-16(13)21-9-10-22(18(21)23)17-12-20(2)15-6-4-3-5-14(15)17;3-2(4,5)1(6)7/h3-8,11-12H,9-10H2,1-2H3;(H,6,7). The van der Waals surface area contributed by atoms with Gasteiger partial charge in [0.1, 0.15) is 0 Å². The summed E-state index contributed by atoms with van der Waals surface area (Å²) in [5.74, 6) is -2.76. The molecule has 2 aromatic heterocycles. The van der Waals surface area contributed by atoms with Gasteiger partial charge in [-0.05, 0) is 24.6 Å². The van der Waals surface area contributed by atoms with Gasteiger partial charge >= 0.3 is 18.2 Å². The summed E-state index contributed by atoms with van der Waals surface area (Å²) < 4.78 is 33.8. The zero-order valence-corrected chi connectivity index (χ0v) is 16.2. The fourth-order valence-corrected chi connectivity index (χ4v) is 3.26. The fourth-order valence-electron chi connectivity index (χ4n) is 3.26. The van der Waals surface area contributed by atoms with Crippen molar-refractivity contribution >= 4 is 34.3 Å². The van der Waals surface area contributed by atoms with Crippen molar-refractivity contribution in [2.45, 2.75) is 13.1 Å². The maximum atomic E-state index is 12.9. The molecule has 0 spiro atoms. The highest BCUT2D eigenvalue weighted by molar-refractivity contribution is 6.11. The number of rotatable bonds is 2. The van der Waals surface area contributed by atoms with E-state index in [0.717, 1.165) is 27.8 Å². The summed E-state index contributed by atoms with van der Waals surface area (Å²) >= 11 is 0. The third-order valence-electron chi connectivity index (χ3n) is 4.72. The van der Waals surface area contributed by atoms with Gasteiger partial charge in [0.2, 0.25) is 0 Å². The average Bonchev–Trinajstić information content (AvgIpc) is 3.22. The molecule has 1 N–H and O–H groups in total. The number of aromatic nitrogens is 2. The van der Waals surface area contributed by atoms with Crippen LogP contribution in [0.3, 0.4) is 0 Å². The van der Waals surface area contributed by atoms with E-state index in [2.05, 4.69) is 21.7 Å². The second-order valence-electron chi connectivity index (χ2n) is 6.69. The molecule has 1 saturated heterocycles. The molecular formula is C20H19F3N4O3. The number of aliphatic carboxylic acids is 1. The summed E-state index contributed by atoms with van der Waals surface area (Å²) in [5, 5.41) is 8.23. The zero-order chi connectivity index (χ0) is 22.1. The highest BCUT2D eigenvalue weighted by atomic mass is 19.4. The molecule has 1 fully saturated rings. The lowest BCUT2D eigenvalue weighted by molar-refractivity contribution is -0.192. The Hall–Kier alpha value is -3.56. The smallest absolute Gasteiger partial charge is 0.475 e. The number of benzene rings is 1. The van der Waals surface area contributed by atoms with Crippen LogP contribution in [-0.4, -0.2) is 45.9 Å². The zero-order valence-electron chi connectivity index (χ0n) is 16.2. The predicted molar refractivity (Wildman–Crippen MR) is 106 cm³/mol. The average molecular weight is 420 g/mol. The molecular weight excluding hydrogens is 401 g/mol. The largest absolute Gasteiger partial charge is 0.490 e. The highest BCUT2D eigenvalue weighted by Crippen LogP contribution is 2.32. The minimum Gasteiger partial charge on any atom is -0.475 e. The van der Waals surface area contributed by atoms with Crippen molar-refractivity contribution in [2.75, 3.05) is 22.9 Å². The second-order valence-corrected chi connectivity index (χ2v) is 6.69. The first-order chi connectivity index (χ1) is 14.1. The molecule has 2 amide bonds. The van der Waals surface area contributed by atoms with Crippen molar-refractivity contribution in [3.63, 3.8) is 0 Å². The van der Waals surface area contributed by atoms with Gasteiger partial charge in [0, 0.05) is 43.4 Å². The molecule has 3 aromatic rings. The normalized spacial score (nSPS) is 14.1. The molecule has 0 radical (unpaired) electrons. The number of aryl methyl sites for hydroxylation is 2.